The van der Waals surface area contributed by atoms with E-state index in [0.29, 0.717) is 17.9 Å². The summed E-state index contributed by atoms with van der Waals surface area (Å²) in [6.45, 7) is 0.467. The van der Waals surface area contributed by atoms with Crippen LogP contribution in [-0.4, -0.2) is 0 Å². The van der Waals surface area contributed by atoms with Gasteiger partial charge in [-0.3, -0.25) is 0 Å². The summed E-state index contributed by atoms with van der Waals surface area (Å²) in [6.07, 6.45) is 0. The van der Waals surface area contributed by atoms with Crippen molar-refractivity contribution in [3.63, 3.8) is 0 Å². The van der Waals surface area contributed by atoms with Gasteiger partial charge in [-0.1, -0.05) is 15.9 Å². The van der Waals surface area contributed by atoms with Crippen molar-refractivity contribution in [1.82, 2.24) is 0 Å². The number of hydrogen-bond donors (Lipinski definition) is 0. The zero-order valence-corrected chi connectivity index (χ0v) is 12.6. The van der Waals surface area contributed by atoms with Gasteiger partial charge in [-0.2, -0.15) is 5.26 Å². The molecule has 0 aliphatic heterocycles. The van der Waals surface area contributed by atoms with Gasteiger partial charge in [-0.05, 0) is 45.6 Å². The van der Waals surface area contributed by atoms with Crippen molar-refractivity contribution in [3.8, 4) is 11.8 Å². The number of rotatable bonds is 3. The average molecular weight is 373 g/mol. The van der Waals surface area contributed by atoms with E-state index in [9.17, 15) is 0 Å². The molecule has 0 saturated heterocycles. The SMILES string of the molecule is N#Cc1cc(Br)ccc1OCc1sccc1Br. The Kier molecular flexibility index (Phi) is 4.21. The Hall–Kier alpha value is -0.830. The molecule has 86 valence electrons. The Morgan fingerprint density at radius 2 is 2.12 bits per heavy atom. The number of nitrogens with zero attached hydrogens (tertiary/aromatic N) is 1. The molecule has 0 bridgehead atoms. The number of nitriles is 1. The van der Waals surface area contributed by atoms with Crippen LogP contribution in [0.5, 0.6) is 5.75 Å². The molecular weight excluding hydrogens is 366 g/mol. The largest absolute Gasteiger partial charge is 0.487 e. The molecule has 0 fully saturated rings. The molecule has 17 heavy (non-hydrogen) atoms. The van der Waals surface area contributed by atoms with Crippen LogP contribution in [0.15, 0.2) is 38.6 Å². The molecule has 1 aromatic carbocycles. The quantitative estimate of drug-likeness (QED) is 0.780. The van der Waals surface area contributed by atoms with E-state index in [1.807, 2.05) is 17.5 Å². The maximum absolute atomic E-state index is 9.00. The van der Waals surface area contributed by atoms with Gasteiger partial charge in [0, 0.05) is 8.95 Å². The van der Waals surface area contributed by atoms with Gasteiger partial charge in [0.25, 0.3) is 0 Å². The normalized spacial score (nSPS) is 9.94. The summed E-state index contributed by atoms with van der Waals surface area (Å²) in [6, 6.07) is 9.51. The van der Waals surface area contributed by atoms with Crippen LogP contribution in [0.2, 0.25) is 0 Å². The Morgan fingerprint density at radius 1 is 1.29 bits per heavy atom. The van der Waals surface area contributed by atoms with Crippen LogP contribution >= 0.6 is 43.2 Å². The van der Waals surface area contributed by atoms with Crippen LogP contribution in [0, 0.1) is 11.3 Å². The Bertz CT molecular complexity index is 574. The van der Waals surface area contributed by atoms with E-state index in [1.165, 1.54) is 0 Å². The molecule has 0 aliphatic rings. The van der Waals surface area contributed by atoms with E-state index in [-0.39, 0.29) is 0 Å². The van der Waals surface area contributed by atoms with Gasteiger partial charge < -0.3 is 4.74 Å². The summed E-state index contributed by atoms with van der Waals surface area (Å²) in [4.78, 5) is 1.11. The van der Waals surface area contributed by atoms with Crippen LogP contribution in [0.1, 0.15) is 10.4 Å². The molecule has 5 heteroatoms. The van der Waals surface area contributed by atoms with Gasteiger partial charge in [0.2, 0.25) is 0 Å². The Morgan fingerprint density at radius 3 is 2.76 bits per heavy atom. The third-order valence-electron chi connectivity index (χ3n) is 2.11. The van der Waals surface area contributed by atoms with Crippen molar-refractivity contribution in [2.24, 2.45) is 0 Å². The molecule has 0 aliphatic carbocycles. The molecule has 0 N–H and O–H groups in total. The van der Waals surface area contributed by atoms with Crippen LogP contribution in [-0.2, 0) is 6.61 Å². The lowest BCUT2D eigenvalue weighted by atomic mass is 10.2. The first-order chi connectivity index (χ1) is 8.20. The molecule has 2 aromatic rings. The van der Waals surface area contributed by atoms with E-state index in [2.05, 4.69) is 37.9 Å². The third-order valence-corrected chi connectivity index (χ3v) is 4.50. The number of benzene rings is 1. The molecule has 0 spiro atoms. The molecule has 0 unspecified atom stereocenters. The molecule has 2 rings (SSSR count). The summed E-state index contributed by atoms with van der Waals surface area (Å²) >= 11 is 8.39. The number of ether oxygens (including phenoxy) is 1. The summed E-state index contributed by atoms with van der Waals surface area (Å²) in [7, 11) is 0. The van der Waals surface area contributed by atoms with Crippen molar-refractivity contribution in [2.45, 2.75) is 6.61 Å². The van der Waals surface area contributed by atoms with Crippen molar-refractivity contribution < 1.29 is 4.74 Å². The van der Waals surface area contributed by atoms with E-state index < -0.39 is 0 Å². The minimum Gasteiger partial charge on any atom is -0.487 e. The molecular formula is C12H7Br2NOS. The fraction of sp³-hybridized carbons (Fsp3) is 0.0833. The second-order valence-corrected chi connectivity index (χ2v) is 6.00. The fourth-order valence-corrected chi connectivity index (χ4v) is 3.03. The first kappa shape index (κ1) is 12.6. The highest BCUT2D eigenvalue weighted by atomic mass is 79.9. The van der Waals surface area contributed by atoms with E-state index in [4.69, 9.17) is 10.00 Å². The molecule has 1 aromatic heterocycles. The Balaban J connectivity index is 2.15. The number of thiophene rings is 1. The standard InChI is InChI=1S/C12H7Br2NOS/c13-9-1-2-11(8(5-9)6-15)16-7-12-10(14)3-4-17-12/h1-5H,7H2. The second kappa shape index (κ2) is 5.67. The van der Waals surface area contributed by atoms with Crippen LogP contribution in [0.4, 0.5) is 0 Å². The summed E-state index contributed by atoms with van der Waals surface area (Å²) in [5.74, 6) is 0.607. The predicted molar refractivity (Wildman–Crippen MR) is 75.2 cm³/mol. The minimum absolute atomic E-state index is 0.467. The highest BCUT2D eigenvalue weighted by molar-refractivity contribution is 9.10. The summed E-state index contributed by atoms with van der Waals surface area (Å²) < 4.78 is 7.56. The van der Waals surface area contributed by atoms with Crippen LogP contribution < -0.4 is 4.74 Å². The molecule has 2 nitrogen and oxygen atoms in total. The lowest BCUT2D eigenvalue weighted by molar-refractivity contribution is 0.308. The lowest BCUT2D eigenvalue weighted by Crippen LogP contribution is -1.95. The first-order valence-electron chi connectivity index (χ1n) is 4.75. The zero-order valence-electron chi connectivity index (χ0n) is 8.61. The maximum Gasteiger partial charge on any atom is 0.137 e. The topological polar surface area (TPSA) is 33.0 Å². The van der Waals surface area contributed by atoms with Gasteiger partial charge in [0.15, 0.2) is 0 Å². The maximum atomic E-state index is 9.00. The molecule has 0 radical (unpaired) electrons. The van der Waals surface area contributed by atoms with Crippen molar-refractivity contribution >= 4 is 43.2 Å². The number of halogens is 2. The van der Waals surface area contributed by atoms with Gasteiger partial charge in [-0.25, -0.2) is 0 Å². The van der Waals surface area contributed by atoms with Gasteiger partial charge in [0.1, 0.15) is 18.4 Å². The molecule has 0 saturated carbocycles. The van der Waals surface area contributed by atoms with E-state index in [0.717, 1.165) is 13.8 Å². The van der Waals surface area contributed by atoms with E-state index in [1.54, 1.807) is 23.5 Å². The Labute approximate surface area is 120 Å². The highest BCUT2D eigenvalue weighted by Crippen LogP contribution is 2.27. The lowest BCUT2D eigenvalue weighted by Gasteiger charge is -2.07. The molecule has 0 amide bonds. The predicted octanol–water partition coefficient (Wildman–Crippen LogP) is 4.72. The summed E-state index contributed by atoms with van der Waals surface area (Å²) in [5.41, 5.74) is 0.534. The minimum atomic E-state index is 0.467. The molecule has 1 heterocycles. The van der Waals surface area contributed by atoms with Gasteiger partial charge in [-0.15, -0.1) is 11.3 Å². The zero-order chi connectivity index (χ0) is 12.3. The monoisotopic (exact) mass is 371 g/mol. The molecule has 0 atom stereocenters. The summed E-state index contributed by atoms with van der Waals surface area (Å²) in [5, 5.41) is 11.0. The van der Waals surface area contributed by atoms with E-state index >= 15 is 0 Å². The van der Waals surface area contributed by atoms with Gasteiger partial charge in [0.05, 0.1) is 10.4 Å². The van der Waals surface area contributed by atoms with Crippen LogP contribution in [0.25, 0.3) is 0 Å². The fourth-order valence-electron chi connectivity index (χ4n) is 1.29. The first-order valence-corrected chi connectivity index (χ1v) is 7.21. The van der Waals surface area contributed by atoms with Crippen LogP contribution in [0.3, 0.4) is 0 Å². The third kappa shape index (κ3) is 3.09. The van der Waals surface area contributed by atoms with Gasteiger partial charge >= 0.3 is 0 Å². The highest BCUT2D eigenvalue weighted by Gasteiger charge is 2.06. The van der Waals surface area contributed by atoms with Crippen molar-refractivity contribution in [3.05, 3.63) is 49.0 Å². The average Bonchev–Trinajstić information content (AvgIpc) is 2.73. The van der Waals surface area contributed by atoms with Crippen molar-refractivity contribution in [2.75, 3.05) is 0 Å². The second-order valence-electron chi connectivity index (χ2n) is 3.23. The smallest absolute Gasteiger partial charge is 0.137 e. The number of hydrogen-bond acceptors (Lipinski definition) is 3. The van der Waals surface area contributed by atoms with Crippen molar-refractivity contribution in [1.29, 1.82) is 5.26 Å².